The standard InChI is InChI=1S/C11H12N6O3/c1-6-3-2-4-7(9(6)10(18)19)13-11(20)12-5-8-14-16-17-15-8/h2-4H,5H2,1H3,(H,18,19)(H2,12,13,20)(H,14,15,16,17). The molecule has 0 unspecified atom stereocenters. The van der Waals surface area contributed by atoms with Crippen molar-refractivity contribution in [2.45, 2.75) is 13.5 Å². The third kappa shape index (κ3) is 3.07. The van der Waals surface area contributed by atoms with E-state index in [1.54, 1.807) is 19.1 Å². The number of carboxylic acids is 1. The van der Waals surface area contributed by atoms with Gasteiger partial charge in [0.25, 0.3) is 0 Å². The molecule has 1 aromatic heterocycles. The van der Waals surface area contributed by atoms with E-state index in [0.717, 1.165) is 0 Å². The number of carbonyl (C=O) groups is 2. The Morgan fingerprint density at radius 2 is 2.20 bits per heavy atom. The minimum absolute atomic E-state index is 0.0576. The summed E-state index contributed by atoms with van der Waals surface area (Å²) in [7, 11) is 0. The zero-order valence-electron chi connectivity index (χ0n) is 10.5. The summed E-state index contributed by atoms with van der Waals surface area (Å²) < 4.78 is 0. The molecule has 2 amide bonds. The van der Waals surface area contributed by atoms with E-state index in [9.17, 15) is 9.59 Å². The number of aromatic nitrogens is 4. The van der Waals surface area contributed by atoms with Crippen molar-refractivity contribution in [1.82, 2.24) is 25.9 Å². The van der Waals surface area contributed by atoms with Crippen LogP contribution < -0.4 is 10.6 Å². The lowest BCUT2D eigenvalue weighted by Crippen LogP contribution is -2.29. The van der Waals surface area contributed by atoms with Gasteiger partial charge in [0, 0.05) is 0 Å². The zero-order valence-corrected chi connectivity index (χ0v) is 10.5. The van der Waals surface area contributed by atoms with Crippen molar-refractivity contribution in [3.8, 4) is 0 Å². The van der Waals surface area contributed by atoms with Crippen LogP contribution >= 0.6 is 0 Å². The fourth-order valence-electron chi connectivity index (χ4n) is 1.64. The monoisotopic (exact) mass is 276 g/mol. The van der Waals surface area contributed by atoms with Gasteiger partial charge >= 0.3 is 12.0 Å². The maximum Gasteiger partial charge on any atom is 0.338 e. The summed E-state index contributed by atoms with van der Waals surface area (Å²) in [6.07, 6.45) is 0. The van der Waals surface area contributed by atoms with Gasteiger partial charge in [-0.3, -0.25) is 0 Å². The number of tetrazole rings is 1. The molecule has 0 atom stereocenters. The van der Waals surface area contributed by atoms with E-state index in [1.807, 2.05) is 0 Å². The molecule has 4 N–H and O–H groups in total. The van der Waals surface area contributed by atoms with E-state index < -0.39 is 12.0 Å². The molecule has 0 aliphatic rings. The van der Waals surface area contributed by atoms with Crippen molar-refractivity contribution in [2.75, 3.05) is 5.32 Å². The largest absolute Gasteiger partial charge is 0.478 e. The summed E-state index contributed by atoms with van der Waals surface area (Å²) in [6, 6.07) is 4.29. The van der Waals surface area contributed by atoms with E-state index in [0.29, 0.717) is 11.4 Å². The van der Waals surface area contributed by atoms with Crippen LogP contribution in [-0.4, -0.2) is 37.7 Å². The van der Waals surface area contributed by atoms with Crippen LogP contribution in [0.2, 0.25) is 0 Å². The van der Waals surface area contributed by atoms with Gasteiger partial charge in [-0.1, -0.05) is 17.3 Å². The van der Waals surface area contributed by atoms with Crippen LogP contribution in [0.1, 0.15) is 21.7 Å². The Bertz CT molecular complexity index is 625. The summed E-state index contributed by atoms with van der Waals surface area (Å²) in [6.45, 7) is 1.74. The second-order valence-electron chi connectivity index (χ2n) is 3.94. The van der Waals surface area contributed by atoms with Crippen LogP contribution in [0.5, 0.6) is 0 Å². The number of amides is 2. The molecule has 104 valence electrons. The number of benzene rings is 1. The number of nitrogens with zero attached hydrogens (tertiary/aromatic N) is 3. The third-order valence-electron chi connectivity index (χ3n) is 2.53. The molecule has 20 heavy (non-hydrogen) atoms. The second kappa shape index (κ2) is 5.78. The molecule has 2 aromatic rings. The van der Waals surface area contributed by atoms with E-state index in [2.05, 4.69) is 31.3 Å². The molecule has 0 saturated heterocycles. The van der Waals surface area contributed by atoms with Crippen LogP contribution in [0.3, 0.4) is 0 Å². The highest BCUT2D eigenvalue weighted by molar-refractivity contribution is 6.01. The number of anilines is 1. The highest BCUT2D eigenvalue weighted by atomic mass is 16.4. The predicted octanol–water partition coefficient (Wildman–Crippen LogP) is 0.528. The Labute approximate surface area is 113 Å². The SMILES string of the molecule is Cc1cccc(NC(=O)NCc2nn[nH]n2)c1C(=O)O. The van der Waals surface area contributed by atoms with E-state index in [4.69, 9.17) is 5.11 Å². The smallest absolute Gasteiger partial charge is 0.338 e. The van der Waals surface area contributed by atoms with Gasteiger partial charge in [0.15, 0.2) is 5.82 Å². The molecule has 0 radical (unpaired) electrons. The topological polar surface area (TPSA) is 133 Å². The fourth-order valence-corrected chi connectivity index (χ4v) is 1.64. The van der Waals surface area contributed by atoms with Crippen molar-refractivity contribution in [3.05, 3.63) is 35.2 Å². The minimum atomic E-state index is -1.10. The maximum atomic E-state index is 11.7. The number of rotatable bonds is 4. The molecular weight excluding hydrogens is 264 g/mol. The number of hydrogen-bond donors (Lipinski definition) is 4. The number of hydrogen-bond acceptors (Lipinski definition) is 5. The minimum Gasteiger partial charge on any atom is -0.478 e. The summed E-state index contributed by atoms with van der Waals surface area (Å²) in [5.74, 6) is -0.778. The van der Waals surface area contributed by atoms with Crippen molar-refractivity contribution in [3.63, 3.8) is 0 Å². The lowest BCUT2D eigenvalue weighted by molar-refractivity contribution is 0.0697. The van der Waals surface area contributed by atoms with Crippen molar-refractivity contribution in [1.29, 1.82) is 0 Å². The van der Waals surface area contributed by atoms with E-state index in [-0.39, 0.29) is 17.8 Å². The van der Waals surface area contributed by atoms with Crippen LogP contribution in [0, 0.1) is 6.92 Å². The van der Waals surface area contributed by atoms with Gasteiger partial charge in [-0.05, 0) is 18.6 Å². The molecule has 9 heteroatoms. The molecular formula is C11H12N6O3. The highest BCUT2D eigenvalue weighted by Crippen LogP contribution is 2.19. The molecule has 2 rings (SSSR count). The quantitative estimate of drug-likeness (QED) is 0.643. The number of nitrogens with one attached hydrogen (secondary N) is 3. The molecule has 0 saturated carbocycles. The Morgan fingerprint density at radius 3 is 2.85 bits per heavy atom. The first kappa shape index (κ1) is 13.5. The normalized spacial score (nSPS) is 10.1. The second-order valence-corrected chi connectivity index (χ2v) is 3.94. The molecule has 0 aliphatic carbocycles. The maximum absolute atomic E-state index is 11.7. The predicted molar refractivity (Wildman–Crippen MR) is 68.2 cm³/mol. The Morgan fingerprint density at radius 1 is 1.40 bits per heavy atom. The summed E-state index contributed by atoms with van der Waals surface area (Å²) in [4.78, 5) is 22.9. The summed E-state index contributed by atoms with van der Waals surface area (Å²) in [5, 5.41) is 27.0. The van der Waals surface area contributed by atoms with Gasteiger partial charge < -0.3 is 15.7 Å². The molecule has 1 aromatic carbocycles. The first-order valence-electron chi connectivity index (χ1n) is 5.68. The molecule has 9 nitrogen and oxygen atoms in total. The van der Waals surface area contributed by atoms with Gasteiger partial charge in [0.05, 0.1) is 17.8 Å². The van der Waals surface area contributed by atoms with Crippen molar-refractivity contribution < 1.29 is 14.7 Å². The summed E-state index contributed by atoms with van der Waals surface area (Å²) in [5.41, 5.74) is 0.846. The Hall–Kier alpha value is -2.97. The first-order valence-corrected chi connectivity index (χ1v) is 5.68. The average Bonchev–Trinajstić information content (AvgIpc) is 2.89. The number of aromatic amines is 1. The number of aromatic carboxylic acids is 1. The van der Waals surface area contributed by atoms with Crippen LogP contribution in [0.25, 0.3) is 0 Å². The van der Waals surface area contributed by atoms with Crippen LogP contribution in [0.4, 0.5) is 10.5 Å². The molecule has 0 aliphatic heterocycles. The molecule has 0 bridgehead atoms. The Kier molecular flexibility index (Phi) is 3.89. The highest BCUT2D eigenvalue weighted by Gasteiger charge is 2.14. The van der Waals surface area contributed by atoms with Gasteiger partial charge in [-0.15, -0.1) is 10.2 Å². The number of H-pyrrole nitrogens is 1. The van der Waals surface area contributed by atoms with Gasteiger partial charge in [0.2, 0.25) is 0 Å². The lowest BCUT2D eigenvalue weighted by Gasteiger charge is -2.10. The first-order chi connectivity index (χ1) is 9.58. The average molecular weight is 276 g/mol. The molecule has 1 heterocycles. The van der Waals surface area contributed by atoms with Gasteiger partial charge in [-0.25, -0.2) is 9.59 Å². The Balaban J connectivity index is 2.04. The van der Waals surface area contributed by atoms with E-state index >= 15 is 0 Å². The lowest BCUT2D eigenvalue weighted by atomic mass is 10.1. The summed E-state index contributed by atoms with van der Waals surface area (Å²) >= 11 is 0. The molecule has 0 spiro atoms. The van der Waals surface area contributed by atoms with Gasteiger partial charge in [0.1, 0.15) is 0 Å². The number of carboxylic acid groups (broad SMARTS) is 1. The number of urea groups is 1. The fraction of sp³-hybridized carbons (Fsp3) is 0.182. The number of aryl methyl sites for hydroxylation is 1. The van der Waals surface area contributed by atoms with E-state index in [1.165, 1.54) is 6.07 Å². The van der Waals surface area contributed by atoms with Gasteiger partial charge in [-0.2, -0.15) is 5.21 Å². The van der Waals surface area contributed by atoms with Crippen LogP contribution in [0.15, 0.2) is 18.2 Å². The van der Waals surface area contributed by atoms with Crippen molar-refractivity contribution in [2.24, 2.45) is 0 Å². The van der Waals surface area contributed by atoms with Crippen LogP contribution in [-0.2, 0) is 6.54 Å². The third-order valence-corrected chi connectivity index (χ3v) is 2.53. The zero-order chi connectivity index (χ0) is 14.5. The van der Waals surface area contributed by atoms with Crippen molar-refractivity contribution >= 4 is 17.7 Å². The molecule has 0 fully saturated rings. The number of carbonyl (C=O) groups excluding carboxylic acids is 1.